The fraction of sp³-hybridized carbons (Fsp3) is 0.176. The van der Waals surface area contributed by atoms with Crippen molar-refractivity contribution < 1.29 is 4.79 Å². The Labute approximate surface area is 146 Å². The largest absolute Gasteiger partial charge is 0.320 e. The van der Waals surface area contributed by atoms with Crippen LogP contribution in [0, 0.1) is 20.8 Å². The highest BCUT2D eigenvalue weighted by Gasteiger charge is 2.27. The SMILES string of the molecule is Cc1cc(N=C2C(=O)Nc3c(C)cc(Br)cc32)cc(C)c1Br. The molecule has 1 aliphatic rings. The summed E-state index contributed by atoms with van der Waals surface area (Å²) in [7, 11) is 0. The summed E-state index contributed by atoms with van der Waals surface area (Å²) < 4.78 is 2.02. The molecule has 0 atom stereocenters. The third kappa shape index (κ3) is 2.63. The van der Waals surface area contributed by atoms with Gasteiger partial charge in [0, 0.05) is 14.5 Å². The minimum atomic E-state index is -0.158. The van der Waals surface area contributed by atoms with E-state index in [0.717, 1.165) is 42.6 Å². The number of nitrogens with zero attached hydrogens (tertiary/aromatic N) is 1. The van der Waals surface area contributed by atoms with Gasteiger partial charge in [-0.2, -0.15) is 0 Å². The first-order valence-electron chi connectivity index (χ1n) is 6.84. The number of halogens is 2. The predicted molar refractivity (Wildman–Crippen MR) is 97.3 cm³/mol. The Morgan fingerprint density at radius 1 is 0.955 bits per heavy atom. The van der Waals surface area contributed by atoms with Crippen LogP contribution >= 0.6 is 31.9 Å². The Balaban J connectivity index is 2.16. The number of carbonyl (C=O) groups excluding carboxylic acids is 1. The highest BCUT2D eigenvalue weighted by Crippen LogP contribution is 2.33. The molecule has 0 saturated carbocycles. The van der Waals surface area contributed by atoms with Gasteiger partial charge in [0.05, 0.1) is 11.4 Å². The van der Waals surface area contributed by atoms with Gasteiger partial charge in [-0.25, -0.2) is 4.99 Å². The van der Waals surface area contributed by atoms with E-state index in [1.807, 2.05) is 45.0 Å². The van der Waals surface area contributed by atoms with Gasteiger partial charge in [0.2, 0.25) is 0 Å². The zero-order chi connectivity index (χ0) is 16.0. The molecular formula is C17H14Br2N2O. The van der Waals surface area contributed by atoms with E-state index in [1.54, 1.807) is 0 Å². The van der Waals surface area contributed by atoms with Gasteiger partial charge in [-0.3, -0.25) is 4.79 Å². The quantitative estimate of drug-likeness (QED) is 0.674. The summed E-state index contributed by atoms with van der Waals surface area (Å²) >= 11 is 7.03. The first kappa shape index (κ1) is 15.4. The number of aliphatic imine (C=N–C) groups is 1. The van der Waals surface area contributed by atoms with E-state index >= 15 is 0 Å². The number of hydrogen-bond donors (Lipinski definition) is 1. The van der Waals surface area contributed by atoms with Crippen LogP contribution in [0.4, 0.5) is 11.4 Å². The van der Waals surface area contributed by atoms with Gasteiger partial charge in [0.25, 0.3) is 5.91 Å². The van der Waals surface area contributed by atoms with Crippen LogP contribution in [-0.4, -0.2) is 11.6 Å². The summed E-state index contributed by atoms with van der Waals surface area (Å²) in [5.41, 5.74) is 6.15. The molecule has 0 saturated heterocycles. The van der Waals surface area contributed by atoms with E-state index in [0.29, 0.717) is 5.71 Å². The molecule has 5 heteroatoms. The van der Waals surface area contributed by atoms with E-state index in [2.05, 4.69) is 42.2 Å². The maximum absolute atomic E-state index is 12.3. The smallest absolute Gasteiger partial charge is 0.275 e. The number of benzene rings is 2. The van der Waals surface area contributed by atoms with Gasteiger partial charge in [-0.1, -0.05) is 31.9 Å². The van der Waals surface area contributed by atoms with Crippen LogP contribution in [0.15, 0.2) is 38.2 Å². The normalized spacial score (nSPS) is 15.1. The molecule has 0 aromatic heterocycles. The van der Waals surface area contributed by atoms with Crippen LogP contribution in [0.2, 0.25) is 0 Å². The molecule has 112 valence electrons. The second-order valence-electron chi connectivity index (χ2n) is 5.45. The Morgan fingerprint density at radius 3 is 2.23 bits per heavy atom. The highest BCUT2D eigenvalue weighted by molar-refractivity contribution is 9.10. The molecule has 2 aromatic carbocycles. The topological polar surface area (TPSA) is 41.5 Å². The number of nitrogens with one attached hydrogen (secondary N) is 1. The molecule has 1 heterocycles. The maximum atomic E-state index is 12.3. The molecule has 0 radical (unpaired) electrons. The lowest BCUT2D eigenvalue weighted by Crippen LogP contribution is -2.14. The van der Waals surface area contributed by atoms with Crippen molar-refractivity contribution in [1.29, 1.82) is 0 Å². The Kier molecular flexibility index (Phi) is 3.95. The minimum absolute atomic E-state index is 0.158. The molecule has 0 fully saturated rings. The molecule has 3 nitrogen and oxygen atoms in total. The van der Waals surface area contributed by atoms with Gasteiger partial charge in [-0.05, 0) is 61.7 Å². The summed E-state index contributed by atoms with van der Waals surface area (Å²) in [5.74, 6) is -0.158. The number of hydrogen-bond acceptors (Lipinski definition) is 2. The van der Waals surface area contributed by atoms with Crippen molar-refractivity contribution in [2.24, 2.45) is 4.99 Å². The van der Waals surface area contributed by atoms with Crippen LogP contribution in [0.5, 0.6) is 0 Å². The monoisotopic (exact) mass is 420 g/mol. The van der Waals surface area contributed by atoms with E-state index in [4.69, 9.17) is 0 Å². The number of rotatable bonds is 1. The van der Waals surface area contributed by atoms with Gasteiger partial charge in [-0.15, -0.1) is 0 Å². The molecule has 1 N–H and O–H groups in total. The average Bonchev–Trinajstić information content (AvgIpc) is 2.74. The van der Waals surface area contributed by atoms with E-state index < -0.39 is 0 Å². The van der Waals surface area contributed by atoms with Crippen LogP contribution in [-0.2, 0) is 4.79 Å². The van der Waals surface area contributed by atoms with E-state index in [1.165, 1.54) is 0 Å². The molecular weight excluding hydrogens is 408 g/mol. The van der Waals surface area contributed by atoms with Crippen LogP contribution in [0.25, 0.3) is 0 Å². The Morgan fingerprint density at radius 2 is 1.59 bits per heavy atom. The molecule has 1 aliphatic heterocycles. The van der Waals surface area contributed by atoms with Gasteiger partial charge < -0.3 is 5.32 Å². The van der Waals surface area contributed by atoms with Crippen molar-refractivity contribution in [2.45, 2.75) is 20.8 Å². The standard InChI is InChI=1S/C17H14Br2N2O/c1-8-5-12(6-9(2)14(8)19)20-16-13-7-11(18)4-10(3)15(13)21-17(16)22/h4-7H,1-3H3,(H,20,21,22). The van der Waals surface area contributed by atoms with Crippen molar-refractivity contribution in [2.75, 3.05) is 5.32 Å². The molecule has 2 aromatic rings. The second-order valence-corrected chi connectivity index (χ2v) is 7.16. The van der Waals surface area contributed by atoms with Crippen LogP contribution < -0.4 is 5.32 Å². The zero-order valence-electron chi connectivity index (χ0n) is 12.4. The number of amides is 1. The molecule has 0 unspecified atom stereocenters. The second kappa shape index (κ2) is 5.63. The van der Waals surface area contributed by atoms with Gasteiger partial charge in [0.1, 0.15) is 5.71 Å². The van der Waals surface area contributed by atoms with Crippen LogP contribution in [0.1, 0.15) is 22.3 Å². The summed E-state index contributed by atoms with van der Waals surface area (Å²) in [4.78, 5) is 16.9. The fourth-order valence-corrected chi connectivity index (χ4v) is 3.42. The van der Waals surface area contributed by atoms with Gasteiger partial charge in [0.15, 0.2) is 0 Å². The lowest BCUT2D eigenvalue weighted by Gasteiger charge is -2.06. The first-order chi connectivity index (χ1) is 10.4. The lowest BCUT2D eigenvalue weighted by atomic mass is 10.1. The molecule has 22 heavy (non-hydrogen) atoms. The van der Waals surface area contributed by atoms with Crippen molar-refractivity contribution in [3.8, 4) is 0 Å². The van der Waals surface area contributed by atoms with Crippen molar-refractivity contribution >= 4 is 54.9 Å². The summed E-state index contributed by atoms with van der Waals surface area (Å²) in [6.45, 7) is 6.01. The summed E-state index contributed by atoms with van der Waals surface area (Å²) in [6, 6.07) is 7.86. The van der Waals surface area contributed by atoms with Crippen molar-refractivity contribution in [1.82, 2.24) is 0 Å². The summed E-state index contributed by atoms with van der Waals surface area (Å²) in [5, 5.41) is 2.90. The zero-order valence-corrected chi connectivity index (χ0v) is 15.6. The fourth-order valence-electron chi connectivity index (χ4n) is 2.62. The number of fused-ring (bicyclic) bond motifs is 1. The van der Waals surface area contributed by atoms with Crippen LogP contribution in [0.3, 0.4) is 0 Å². The van der Waals surface area contributed by atoms with Gasteiger partial charge >= 0.3 is 0 Å². The Bertz CT molecular complexity index is 818. The summed E-state index contributed by atoms with van der Waals surface area (Å²) in [6.07, 6.45) is 0. The molecule has 0 aliphatic carbocycles. The number of anilines is 1. The number of aryl methyl sites for hydroxylation is 3. The molecule has 0 bridgehead atoms. The number of carbonyl (C=O) groups is 1. The molecule has 0 spiro atoms. The maximum Gasteiger partial charge on any atom is 0.275 e. The first-order valence-corrected chi connectivity index (χ1v) is 8.42. The van der Waals surface area contributed by atoms with Crippen molar-refractivity contribution in [3.05, 3.63) is 55.5 Å². The van der Waals surface area contributed by atoms with Crippen molar-refractivity contribution in [3.63, 3.8) is 0 Å². The van der Waals surface area contributed by atoms with E-state index in [9.17, 15) is 4.79 Å². The lowest BCUT2D eigenvalue weighted by molar-refractivity contribution is -0.110. The highest BCUT2D eigenvalue weighted by atomic mass is 79.9. The molecule has 3 rings (SSSR count). The molecule has 1 amide bonds. The third-order valence-corrected chi connectivity index (χ3v) is 5.38. The minimum Gasteiger partial charge on any atom is -0.320 e. The Hall–Kier alpha value is -1.46. The third-order valence-electron chi connectivity index (χ3n) is 3.67. The average molecular weight is 422 g/mol. The predicted octanol–water partition coefficient (Wildman–Crippen LogP) is 5.21. The van der Waals surface area contributed by atoms with E-state index in [-0.39, 0.29) is 5.91 Å².